The predicted octanol–water partition coefficient (Wildman–Crippen LogP) is 4.86. The van der Waals surface area contributed by atoms with Crippen LogP contribution in [0.15, 0.2) is 48.0 Å². The van der Waals surface area contributed by atoms with Gasteiger partial charge in [0.15, 0.2) is 9.84 Å². The van der Waals surface area contributed by atoms with Crippen molar-refractivity contribution in [1.29, 1.82) is 0 Å². The number of benzene rings is 1. The standard InChI is InChI=1S/C23H25F4N3O4S/c1-22(24,25)21-28-14-17(20(30-21)34-16-6-4-3-5-7-16)19(31)29-18(10-13-35(2,32)33)15-8-11-23(26,27)12-9-15/h3-7,10,13-15,18H,8-9,11-12H2,1-2H3,(H,29,31)/b13-10+/t18-/m1/s1. The number of nitrogens with zero attached hydrogens (tertiary/aromatic N) is 2. The number of aromatic nitrogens is 2. The molecule has 0 radical (unpaired) electrons. The van der Waals surface area contributed by atoms with E-state index in [1.165, 1.54) is 18.2 Å². The van der Waals surface area contributed by atoms with Gasteiger partial charge in [0.1, 0.15) is 11.3 Å². The van der Waals surface area contributed by atoms with Crippen molar-refractivity contribution >= 4 is 15.7 Å². The summed E-state index contributed by atoms with van der Waals surface area (Å²) >= 11 is 0. The highest BCUT2D eigenvalue weighted by atomic mass is 32.2. The normalized spacial score (nSPS) is 17.8. The minimum Gasteiger partial charge on any atom is -0.438 e. The van der Waals surface area contributed by atoms with Crippen LogP contribution in [0.5, 0.6) is 11.6 Å². The summed E-state index contributed by atoms with van der Waals surface area (Å²) in [5.41, 5.74) is -0.277. The van der Waals surface area contributed by atoms with Crippen molar-refractivity contribution in [2.75, 3.05) is 6.26 Å². The van der Waals surface area contributed by atoms with Crippen molar-refractivity contribution in [2.24, 2.45) is 5.92 Å². The number of carbonyl (C=O) groups is 1. The molecule has 7 nitrogen and oxygen atoms in total. The summed E-state index contributed by atoms with van der Waals surface area (Å²) in [6.45, 7) is 0.596. The molecule has 0 aliphatic heterocycles. The van der Waals surface area contributed by atoms with E-state index >= 15 is 0 Å². The zero-order valence-electron chi connectivity index (χ0n) is 19.0. The Morgan fingerprint density at radius 3 is 2.43 bits per heavy atom. The number of sulfone groups is 1. The number of para-hydroxylation sites is 1. The fourth-order valence-corrected chi connectivity index (χ4v) is 4.07. The number of rotatable bonds is 8. The van der Waals surface area contributed by atoms with Crippen molar-refractivity contribution in [1.82, 2.24) is 15.3 Å². The maximum Gasteiger partial charge on any atom is 0.303 e. The summed E-state index contributed by atoms with van der Waals surface area (Å²) in [4.78, 5) is 20.4. The Hall–Kier alpha value is -3.02. The van der Waals surface area contributed by atoms with Gasteiger partial charge in [-0.15, -0.1) is 0 Å². The lowest BCUT2D eigenvalue weighted by Crippen LogP contribution is -2.42. The van der Waals surface area contributed by atoms with Crippen LogP contribution in [0.25, 0.3) is 0 Å². The SMILES string of the molecule is CC(F)(F)c1ncc(C(=O)N[C@H](/C=C/S(C)(=O)=O)C2CCC(F)(F)CC2)c(Oc2ccccc2)n1. The molecule has 1 aliphatic carbocycles. The van der Waals surface area contributed by atoms with Crippen LogP contribution in [-0.4, -0.2) is 42.5 Å². The second kappa shape index (κ2) is 10.3. The second-order valence-electron chi connectivity index (χ2n) is 8.57. The third-order valence-electron chi connectivity index (χ3n) is 5.45. The third-order valence-corrected chi connectivity index (χ3v) is 6.10. The van der Waals surface area contributed by atoms with Gasteiger partial charge >= 0.3 is 5.92 Å². The molecule has 1 saturated carbocycles. The summed E-state index contributed by atoms with van der Waals surface area (Å²) in [7, 11) is -3.56. The van der Waals surface area contributed by atoms with E-state index in [0.29, 0.717) is 6.92 Å². The summed E-state index contributed by atoms with van der Waals surface area (Å²) in [6, 6.07) is 7.14. The largest absolute Gasteiger partial charge is 0.438 e. The summed E-state index contributed by atoms with van der Waals surface area (Å²) < 4.78 is 83.8. The van der Waals surface area contributed by atoms with Gasteiger partial charge < -0.3 is 10.1 Å². The van der Waals surface area contributed by atoms with Gasteiger partial charge in [-0.05, 0) is 30.9 Å². The average Bonchev–Trinajstić information content (AvgIpc) is 2.76. The maximum atomic E-state index is 13.8. The van der Waals surface area contributed by atoms with Gasteiger partial charge in [0.2, 0.25) is 17.6 Å². The Balaban J connectivity index is 1.92. The fraction of sp³-hybridized carbons (Fsp3) is 0.435. The molecule has 1 fully saturated rings. The van der Waals surface area contributed by atoms with E-state index in [4.69, 9.17) is 4.74 Å². The molecule has 1 N–H and O–H groups in total. The molecule has 1 aliphatic rings. The topological polar surface area (TPSA) is 98.2 Å². The van der Waals surface area contributed by atoms with Gasteiger partial charge in [-0.2, -0.15) is 13.8 Å². The monoisotopic (exact) mass is 515 g/mol. The highest BCUT2D eigenvalue weighted by Gasteiger charge is 2.38. The molecule has 1 aromatic carbocycles. The number of amides is 1. The lowest BCUT2D eigenvalue weighted by Gasteiger charge is -2.32. The first-order valence-electron chi connectivity index (χ1n) is 10.8. The highest BCUT2D eigenvalue weighted by Crippen LogP contribution is 2.38. The Labute approximate surface area is 200 Å². The van der Waals surface area contributed by atoms with Crippen LogP contribution in [0.3, 0.4) is 0 Å². The van der Waals surface area contributed by atoms with Crippen LogP contribution < -0.4 is 10.1 Å². The molecular formula is C23H25F4N3O4S. The Morgan fingerprint density at radius 1 is 1.23 bits per heavy atom. The van der Waals surface area contributed by atoms with Gasteiger partial charge in [-0.25, -0.2) is 22.2 Å². The Bertz CT molecular complexity index is 1170. The van der Waals surface area contributed by atoms with Gasteiger partial charge in [-0.1, -0.05) is 24.3 Å². The summed E-state index contributed by atoms with van der Waals surface area (Å²) in [6.07, 6.45) is 2.38. The van der Waals surface area contributed by atoms with Crippen LogP contribution in [0, 0.1) is 5.92 Å². The number of hydrogen-bond donors (Lipinski definition) is 1. The fourth-order valence-electron chi connectivity index (χ4n) is 3.61. The molecule has 2 aromatic rings. The van der Waals surface area contributed by atoms with E-state index in [1.807, 2.05) is 0 Å². The van der Waals surface area contributed by atoms with Crippen LogP contribution in [0.2, 0.25) is 0 Å². The van der Waals surface area contributed by atoms with E-state index in [0.717, 1.165) is 17.9 Å². The molecule has 12 heteroatoms. The molecule has 0 unspecified atom stereocenters. The molecule has 0 saturated heterocycles. The van der Waals surface area contributed by atoms with Crippen molar-refractivity contribution in [3.8, 4) is 11.6 Å². The van der Waals surface area contributed by atoms with Gasteiger partial charge in [0, 0.05) is 37.6 Å². The minimum atomic E-state index is -3.56. The Morgan fingerprint density at radius 2 is 1.86 bits per heavy atom. The average molecular weight is 516 g/mol. The van der Waals surface area contributed by atoms with Crippen LogP contribution >= 0.6 is 0 Å². The van der Waals surface area contributed by atoms with Crippen molar-refractivity contribution in [2.45, 2.75) is 50.5 Å². The lowest BCUT2D eigenvalue weighted by atomic mass is 9.82. The predicted molar refractivity (Wildman–Crippen MR) is 120 cm³/mol. The number of halogens is 4. The lowest BCUT2D eigenvalue weighted by molar-refractivity contribution is -0.0475. The van der Waals surface area contributed by atoms with E-state index < -0.39 is 64.1 Å². The van der Waals surface area contributed by atoms with Crippen LogP contribution in [0.4, 0.5) is 17.6 Å². The molecule has 190 valence electrons. The highest BCUT2D eigenvalue weighted by molar-refractivity contribution is 7.93. The number of nitrogens with one attached hydrogen (secondary N) is 1. The molecule has 1 heterocycles. The number of hydrogen-bond acceptors (Lipinski definition) is 6. The zero-order valence-corrected chi connectivity index (χ0v) is 19.9. The molecule has 3 rings (SSSR count). The van der Waals surface area contributed by atoms with E-state index in [9.17, 15) is 30.8 Å². The molecule has 35 heavy (non-hydrogen) atoms. The first-order chi connectivity index (χ1) is 16.2. The number of carbonyl (C=O) groups excluding carboxylic acids is 1. The molecule has 0 spiro atoms. The molecule has 1 atom stereocenters. The van der Waals surface area contributed by atoms with E-state index in [-0.39, 0.29) is 24.2 Å². The smallest absolute Gasteiger partial charge is 0.303 e. The molecule has 0 bridgehead atoms. The minimum absolute atomic E-state index is 0.0525. The van der Waals surface area contributed by atoms with E-state index in [1.54, 1.807) is 18.2 Å². The maximum absolute atomic E-state index is 13.8. The third kappa shape index (κ3) is 7.74. The molecule has 1 aromatic heterocycles. The summed E-state index contributed by atoms with van der Waals surface area (Å²) in [5, 5.41) is 3.50. The molecule has 1 amide bonds. The van der Waals surface area contributed by atoms with Gasteiger partial charge in [0.25, 0.3) is 5.91 Å². The first-order valence-corrected chi connectivity index (χ1v) is 12.7. The van der Waals surface area contributed by atoms with Gasteiger partial charge in [-0.3, -0.25) is 4.79 Å². The molecular weight excluding hydrogens is 490 g/mol. The number of alkyl halides is 4. The van der Waals surface area contributed by atoms with Crippen LogP contribution in [0.1, 0.15) is 48.8 Å². The second-order valence-corrected chi connectivity index (χ2v) is 10.5. The summed E-state index contributed by atoms with van der Waals surface area (Å²) in [5.74, 6) is -8.58. The Kier molecular flexibility index (Phi) is 7.83. The van der Waals surface area contributed by atoms with Crippen molar-refractivity contribution < 1.29 is 35.5 Å². The quantitative estimate of drug-likeness (QED) is 0.504. The first kappa shape index (κ1) is 26.6. The van der Waals surface area contributed by atoms with Crippen molar-refractivity contribution in [3.63, 3.8) is 0 Å². The number of ether oxygens (including phenoxy) is 1. The van der Waals surface area contributed by atoms with Crippen molar-refractivity contribution in [3.05, 3.63) is 59.4 Å². The zero-order chi connectivity index (χ0) is 25.9. The van der Waals surface area contributed by atoms with E-state index in [2.05, 4.69) is 15.3 Å². The van der Waals surface area contributed by atoms with Crippen LogP contribution in [-0.2, 0) is 15.8 Å². The van der Waals surface area contributed by atoms with Gasteiger partial charge in [0.05, 0.1) is 6.04 Å².